The SMILES string of the molecule is C=CCCCC=CC(=O)C(=O)CCCCCC=C. The summed E-state index contributed by atoms with van der Waals surface area (Å²) >= 11 is 0. The van der Waals surface area contributed by atoms with Crippen LogP contribution >= 0.6 is 0 Å². The van der Waals surface area contributed by atoms with E-state index in [1.807, 2.05) is 12.2 Å². The van der Waals surface area contributed by atoms with Crippen LogP contribution in [0.2, 0.25) is 0 Å². The highest BCUT2D eigenvalue weighted by atomic mass is 16.2. The molecule has 0 saturated heterocycles. The lowest BCUT2D eigenvalue weighted by Gasteiger charge is -1.97. The lowest BCUT2D eigenvalue weighted by molar-refractivity contribution is -0.133. The molecule has 0 heterocycles. The Bertz CT molecular complexity index is 300. The molecule has 2 heteroatoms. The van der Waals surface area contributed by atoms with Gasteiger partial charge in [0.25, 0.3) is 0 Å². The van der Waals surface area contributed by atoms with E-state index in [2.05, 4.69) is 13.2 Å². The Kier molecular flexibility index (Phi) is 11.1. The Morgan fingerprint density at radius 2 is 1.50 bits per heavy atom. The first kappa shape index (κ1) is 16.6. The molecule has 0 aliphatic rings. The fourth-order valence-electron chi connectivity index (χ4n) is 1.54. The van der Waals surface area contributed by atoms with Gasteiger partial charge in [0.1, 0.15) is 0 Å². The van der Waals surface area contributed by atoms with E-state index in [0.717, 1.165) is 44.9 Å². The van der Waals surface area contributed by atoms with E-state index >= 15 is 0 Å². The monoisotopic (exact) mass is 248 g/mol. The second-order valence-electron chi connectivity index (χ2n) is 4.30. The zero-order valence-corrected chi connectivity index (χ0v) is 11.2. The van der Waals surface area contributed by atoms with Crippen LogP contribution < -0.4 is 0 Å². The van der Waals surface area contributed by atoms with Gasteiger partial charge in [0, 0.05) is 6.42 Å². The third-order valence-corrected chi connectivity index (χ3v) is 2.64. The van der Waals surface area contributed by atoms with Crippen molar-refractivity contribution in [1.29, 1.82) is 0 Å². The van der Waals surface area contributed by atoms with E-state index in [1.54, 1.807) is 6.08 Å². The second-order valence-corrected chi connectivity index (χ2v) is 4.30. The third-order valence-electron chi connectivity index (χ3n) is 2.64. The predicted molar refractivity (Wildman–Crippen MR) is 76.5 cm³/mol. The van der Waals surface area contributed by atoms with Gasteiger partial charge >= 0.3 is 0 Å². The number of ketones is 2. The standard InChI is InChI=1S/C16H24O2/c1-3-5-7-9-11-13-15(17)16(18)14-12-10-8-6-4-2/h3-4,11,13H,1-2,5-10,12,14H2. The third kappa shape index (κ3) is 9.76. The quantitative estimate of drug-likeness (QED) is 0.225. The average molecular weight is 248 g/mol. The molecule has 0 N–H and O–H groups in total. The smallest absolute Gasteiger partial charge is 0.221 e. The van der Waals surface area contributed by atoms with Crippen molar-refractivity contribution in [3.8, 4) is 0 Å². The topological polar surface area (TPSA) is 34.1 Å². The minimum absolute atomic E-state index is 0.270. The molecule has 0 rings (SSSR count). The summed E-state index contributed by atoms with van der Waals surface area (Å²) in [5.74, 6) is -0.633. The molecule has 0 aromatic heterocycles. The molecule has 0 unspecified atom stereocenters. The van der Waals surface area contributed by atoms with Gasteiger partial charge in [-0.3, -0.25) is 9.59 Å². The molecule has 0 bridgehead atoms. The number of carbonyl (C=O) groups excluding carboxylic acids is 2. The molecular formula is C16H24O2. The summed E-state index contributed by atoms with van der Waals surface area (Å²) in [5, 5.41) is 0. The molecule has 0 radical (unpaired) electrons. The maximum absolute atomic E-state index is 11.5. The number of Topliss-reactive ketones (excluding diaryl/α,β-unsaturated/α-hetero) is 1. The Hall–Kier alpha value is -1.44. The molecule has 0 atom stereocenters. The van der Waals surface area contributed by atoms with Gasteiger partial charge in [-0.15, -0.1) is 13.2 Å². The van der Waals surface area contributed by atoms with Crippen molar-refractivity contribution in [3.63, 3.8) is 0 Å². The van der Waals surface area contributed by atoms with Crippen molar-refractivity contribution >= 4 is 11.6 Å². The molecule has 0 saturated carbocycles. The summed E-state index contributed by atoms with van der Waals surface area (Å²) in [6.07, 6.45) is 13.8. The van der Waals surface area contributed by atoms with Gasteiger partial charge in [0.15, 0.2) is 0 Å². The van der Waals surface area contributed by atoms with Gasteiger partial charge < -0.3 is 0 Å². The van der Waals surface area contributed by atoms with Gasteiger partial charge in [0.05, 0.1) is 0 Å². The first-order valence-corrected chi connectivity index (χ1v) is 6.68. The maximum Gasteiger partial charge on any atom is 0.221 e. The Balaban J connectivity index is 3.65. The minimum Gasteiger partial charge on any atom is -0.291 e. The summed E-state index contributed by atoms with van der Waals surface area (Å²) in [6.45, 7) is 7.27. The molecule has 0 aliphatic carbocycles. The highest BCUT2D eigenvalue weighted by molar-refractivity contribution is 6.41. The molecule has 0 fully saturated rings. The molecule has 0 spiro atoms. The first-order chi connectivity index (χ1) is 8.72. The van der Waals surface area contributed by atoms with Crippen molar-refractivity contribution in [3.05, 3.63) is 37.5 Å². The van der Waals surface area contributed by atoms with Gasteiger partial charge in [-0.25, -0.2) is 0 Å². The number of unbranched alkanes of at least 4 members (excludes halogenated alkanes) is 5. The largest absolute Gasteiger partial charge is 0.291 e. The van der Waals surface area contributed by atoms with Crippen LogP contribution in [0.3, 0.4) is 0 Å². The normalized spacial score (nSPS) is 10.4. The summed E-state index contributed by atoms with van der Waals surface area (Å²) in [6, 6.07) is 0. The fourth-order valence-corrected chi connectivity index (χ4v) is 1.54. The Morgan fingerprint density at radius 1 is 0.833 bits per heavy atom. The van der Waals surface area contributed by atoms with Crippen LogP contribution in [0.1, 0.15) is 51.4 Å². The van der Waals surface area contributed by atoms with Crippen molar-refractivity contribution < 1.29 is 9.59 Å². The van der Waals surface area contributed by atoms with Crippen LogP contribution in [0.5, 0.6) is 0 Å². The number of hydrogen-bond donors (Lipinski definition) is 0. The van der Waals surface area contributed by atoms with Crippen LogP contribution in [0.4, 0.5) is 0 Å². The molecular weight excluding hydrogens is 224 g/mol. The zero-order valence-electron chi connectivity index (χ0n) is 11.2. The summed E-state index contributed by atoms with van der Waals surface area (Å²) in [5.41, 5.74) is 0. The van der Waals surface area contributed by atoms with Gasteiger partial charge in [0.2, 0.25) is 11.6 Å². The highest BCUT2D eigenvalue weighted by Crippen LogP contribution is 2.05. The van der Waals surface area contributed by atoms with Crippen molar-refractivity contribution in [2.45, 2.75) is 51.4 Å². The first-order valence-electron chi connectivity index (χ1n) is 6.68. The van der Waals surface area contributed by atoms with E-state index in [-0.39, 0.29) is 11.6 Å². The molecule has 0 aromatic rings. The molecule has 18 heavy (non-hydrogen) atoms. The van der Waals surface area contributed by atoms with Crippen molar-refractivity contribution in [1.82, 2.24) is 0 Å². The molecule has 2 nitrogen and oxygen atoms in total. The maximum atomic E-state index is 11.5. The molecule has 0 amide bonds. The molecule has 100 valence electrons. The van der Waals surface area contributed by atoms with Crippen LogP contribution in [-0.2, 0) is 9.59 Å². The lowest BCUT2D eigenvalue weighted by Crippen LogP contribution is -2.10. The van der Waals surface area contributed by atoms with Gasteiger partial charge in [-0.1, -0.05) is 24.6 Å². The summed E-state index contributed by atoms with van der Waals surface area (Å²) in [7, 11) is 0. The number of carbonyl (C=O) groups is 2. The summed E-state index contributed by atoms with van der Waals surface area (Å²) < 4.78 is 0. The van der Waals surface area contributed by atoms with E-state index < -0.39 is 0 Å². The Labute approximate surface area is 110 Å². The number of allylic oxidation sites excluding steroid dienone is 4. The number of hydrogen-bond acceptors (Lipinski definition) is 2. The lowest BCUT2D eigenvalue weighted by atomic mass is 10.1. The highest BCUT2D eigenvalue weighted by Gasteiger charge is 2.08. The van der Waals surface area contributed by atoms with Gasteiger partial charge in [-0.05, 0) is 44.6 Å². The molecule has 0 aromatic carbocycles. The van der Waals surface area contributed by atoms with Crippen LogP contribution in [-0.4, -0.2) is 11.6 Å². The second kappa shape index (κ2) is 12.0. The van der Waals surface area contributed by atoms with Crippen LogP contribution in [0.15, 0.2) is 37.5 Å². The van der Waals surface area contributed by atoms with E-state index in [4.69, 9.17) is 0 Å². The number of rotatable bonds is 12. The van der Waals surface area contributed by atoms with E-state index in [9.17, 15) is 9.59 Å². The van der Waals surface area contributed by atoms with Crippen molar-refractivity contribution in [2.75, 3.05) is 0 Å². The van der Waals surface area contributed by atoms with Crippen LogP contribution in [0, 0.1) is 0 Å². The average Bonchev–Trinajstić information content (AvgIpc) is 2.37. The van der Waals surface area contributed by atoms with Gasteiger partial charge in [-0.2, -0.15) is 0 Å². The Morgan fingerprint density at radius 3 is 2.17 bits per heavy atom. The van der Waals surface area contributed by atoms with Crippen LogP contribution in [0.25, 0.3) is 0 Å². The van der Waals surface area contributed by atoms with Crippen molar-refractivity contribution in [2.24, 2.45) is 0 Å². The molecule has 0 aliphatic heterocycles. The van der Waals surface area contributed by atoms with E-state index in [1.165, 1.54) is 6.08 Å². The minimum atomic E-state index is -0.364. The summed E-state index contributed by atoms with van der Waals surface area (Å²) in [4.78, 5) is 22.9. The predicted octanol–water partition coefficient (Wildman–Crippen LogP) is 4.17. The van der Waals surface area contributed by atoms with E-state index in [0.29, 0.717) is 6.42 Å². The zero-order chi connectivity index (χ0) is 13.6. The fraction of sp³-hybridized carbons (Fsp3) is 0.500.